The van der Waals surface area contributed by atoms with Crippen molar-refractivity contribution in [1.82, 2.24) is 9.88 Å². The molecule has 5 rings (SSSR count). The van der Waals surface area contributed by atoms with Gasteiger partial charge in [-0.05, 0) is 112 Å². The molecule has 3 heteroatoms. The number of likely N-dealkylation sites (tertiary alicyclic amines) is 1. The number of aromatic nitrogens is 1. The highest BCUT2D eigenvalue weighted by molar-refractivity contribution is 5.88. The molecule has 3 nitrogen and oxygen atoms in total. The number of anilines is 1. The monoisotopic (exact) mass is 363 g/mol. The fourth-order valence-electron chi connectivity index (χ4n) is 5.21. The summed E-state index contributed by atoms with van der Waals surface area (Å²) < 4.78 is 0. The van der Waals surface area contributed by atoms with Gasteiger partial charge in [-0.2, -0.15) is 0 Å². The molecular weight excluding hydrogens is 330 g/mol. The Morgan fingerprint density at radius 1 is 1.07 bits per heavy atom. The first-order chi connectivity index (χ1) is 13.2. The molecule has 27 heavy (non-hydrogen) atoms. The molecule has 1 aliphatic heterocycles. The maximum atomic E-state index is 5.18. The van der Waals surface area contributed by atoms with Gasteiger partial charge in [-0.15, -0.1) is 0 Å². The summed E-state index contributed by atoms with van der Waals surface area (Å²) in [7, 11) is 0. The van der Waals surface area contributed by atoms with Crippen LogP contribution in [0.3, 0.4) is 0 Å². The van der Waals surface area contributed by atoms with Crippen molar-refractivity contribution < 1.29 is 0 Å². The van der Waals surface area contributed by atoms with Crippen molar-refractivity contribution in [3.63, 3.8) is 0 Å². The normalized spacial score (nSPS) is 21.0. The first-order valence-corrected chi connectivity index (χ1v) is 11.2. The third-order valence-electron chi connectivity index (χ3n) is 7.05. The Morgan fingerprint density at radius 3 is 2.59 bits per heavy atom. The molecule has 0 radical (unpaired) electrons. The standard InChI is InChI=1S/C24H33N3/c1-3-17-13-22-20-7-6-8-21(20)24(25-16(2)18-9-10-18)26-23(22)14-19(17)15-27-11-4-5-12-27/h13-14,16,18H,3-12,15H2,1-2H3,(H,25,26). The molecule has 2 fully saturated rings. The van der Waals surface area contributed by atoms with Gasteiger partial charge in [0.25, 0.3) is 0 Å². The van der Waals surface area contributed by atoms with Crippen molar-refractivity contribution >= 4 is 16.7 Å². The van der Waals surface area contributed by atoms with E-state index >= 15 is 0 Å². The number of nitrogens with zero attached hydrogens (tertiary/aromatic N) is 2. The molecule has 2 heterocycles. The summed E-state index contributed by atoms with van der Waals surface area (Å²) in [5.74, 6) is 2.04. The van der Waals surface area contributed by atoms with Crippen LogP contribution in [0.5, 0.6) is 0 Å². The van der Waals surface area contributed by atoms with E-state index in [1.165, 1.54) is 91.4 Å². The molecule has 2 aromatic rings. The number of nitrogens with one attached hydrogen (secondary N) is 1. The second-order valence-corrected chi connectivity index (χ2v) is 9.02. The fraction of sp³-hybridized carbons (Fsp3) is 0.625. The Labute approximate surface area is 163 Å². The molecule has 0 amide bonds. The molecule has 1 aromatic carbocycles. The second kappa shape index (κ2) is 7.09. The van der Waals surface area contributed by atoms with Crippen LogP contribution in [-0.2, 0) is 25.8 Å². The number of benzene rings is 1. The Balaban J connectivity index is 1.56. The van der Waals surface area contributed by atoms with Crippen LogP contribution < -0.4 is 5.32 Å². The van der Waals surface area contributed by atoms with Gasteiger partial charge in [0.2, 0.25) is 0 Å². The quantitative estimate of drug-likeness (QED) is 0.774. The summed E-state index contributed by atoms with van der Waals surface area (Å²) in [4.78, 5) is 7.79. The van der Waals surface area contributed by atoms with Crippen molar-refractivity contribution in [3.05, 3.63) is 34.4 Å². The Kier molecular flexibility index (Phi) is 4.59. The predicted molar refractivity (Wildman–Crippen MR) is 113 cm³/mol. The molecule has 1 N–H and O–H groups in total. The molecule has 1 saturated heterocycles. The summed E-state index contributed by atoms with van der Waals surface area (Å²) in [5.41, 5.74) is 7.32. The number of pyridine rings is 1. The van der Waals surface area contributed by atoms with E-state index in [-0.39, 0.29) is 0 Å². The van der Waals surface area contributed by atoms with Crippen molar-refractivity contribution in [3.8, 4) is 0 Å². The number of hydrogen-bond donors (Lipinski definition) is 1. The lowest BCUT2D eigenvalue weighted by Gasteiger charge is -2.21. The van der Waals surface area contributed by atoms with Crippen LogP contribution in [-0.4, -0.2) is 29.0 Å². The minimum absolute atomic E-state index is 0.554. The van der Waals surface area contributed by atoms with Gasteiger partial charge in [0.05, 0.1) is 5.52 Å². The Morgan fingerprint density at radius 2 is 1.85 bits per heavy atom. The zero-order valence-electron chi connectivity index (χ0n) is 17.0. The van der Waals surface area contributed by atoms with E-state index in [9.17, 15) is 0 Å². The summed E-state index contributed by atoms with van der Waals surface area (Å²) in [6, 6.07) is 5.45. The highest BCUT2D eigenvalue weighted by Crippen LogP contribution is 2.38. The Bertz CT molecular complexity index is 847. The van der Waals surface area contributed by atoms with E-state index in [2.05, 4.69) is 36.2 Å². The average Bonchev–Trinajstić information content (AvgIpc) is 3.18. The molecule has 0 bridgehead atoms. The highest BCUT2D eigenvalue weighted by Gasteiger charge is 2.29. The molecule has 144 valence electrons. The van der Waals surface area contributed by atoms with E-state index < -0.39 is 0 Å². The van der Waals surface area contributed by atoms with Gasteiger partial charge in [-0.3, -0.25) is 4.90 Å². The minimum atomic E-state index is 0.554. The molecule has 0 spiro atoms. The molecule has 3 aliphatic rings. The third kappa shape index (κ3) is 3.35. The lowest BCUT2D eigenvalue weighted by Crippen LogP contribution is -2.20. The van der Waals surface area contributed by atoms with Crippen molar-refractivity contribution in [2.75, 3.05) is 18.4 Å². The molecule has 1 saturated carbocycles. The number of hydrogen-bond acceptors (Lipinski definition) is 3. The van der Waals surface area contributed by atoms with E-state index in [4.69, 9.17) is 4.98 Å². The SMILES string of the molecule is CCc1cc2c3c(c(NC(C)C4CC4)nc2cc1CN1CCCC1)CCC3. The molecular formula is C24H33N3. The van der Waals surface area contributed by atoms with Crippen LogP contribution in [0.2, 0.25) is 0 Å². The van der Waals surface area contributed by atoms with Gasteiger partial charge in [0.15, 0.2) is 0 Å². The van der Waals surface area contributed by atoms with Gasteiger partial charge in [-0.25, -0.2) is 4.98 Å². The summed E-state index contributed by atoms with van der Waals surface area (Å²) >= 11 is 0. The van der Waals surface area contributed by atoms with E-state index in [1.54, 1.807) is 5.56 Å². The van der Waals surface area contributed by atoms with Gasteiger partial charge >= 0.3 is 0 Å². The van der Waals surface area contributed by atoms with Crippen LogP contribution in [0, 0.1) is 5.92 Å². The minimum Gasteiger partial charge on any atom is -0.367 e. The van der Waals surface area contributed by atoms with Gasteiger partial charge in [0.1, 0.15) is 5.82 Å². The second-order valence-electron chi connectivity index (χ2n) is 9.02. The summed E-state index contributed by atoms with van der Waals surface area (Å²) in [6.07, 6.45) is 10.3. The van der Waals surface area contributed by atoms with E-state index in [0.29, 0.717) is 6.04 Å². The highest BCUT2D eigenvalue weighted by atomic mass is 15.1. The topological polar surface area (TPSA) is 28.2 Å². The van der Waals surface area contributed by atoms with Crippen molar-refractivity contribution in [2.45, 2.75) is 77.8 Å². The fourth-order valence-corrected chi connectivity index (χ4v) is 5.21. The zero-order valence-corrected chi connectivity index (χ0v) is 17.0. The predicted octanol–water partition coefficient (Wildman–Crippen LogP) is 5.09. The molecule has 2 aliphatic carbocycles. The molecule has 1 atom stereocenters. The maximum absolute atomic E-state index is 5.18. The van der Waals surface area contributed by atoms with Gasteiger partial charge in [0, 0.05) is 18.0 Å². The lowest BCUT2D eigenvalue weighted by molar-refractivity contribution is 0.330. The molecule has 1 unspecified atom stereocenters. The van der Waals surface area contributed by atoms with Gasteiger partial charge < -0.3 is 5.32 Å². The van der Waals surface area contributed by atoms with Crippen LogP contribution in [0.4, 0.5) is 5.82 Å². The maximum Gasteiger partial charge on any atom is 0.130 e. The van der Waals surface area contributed by atoms with Gasteiger partial charge in [-0.1, -0.05) is 6.92 Å². The smallest absolute Gasteiger partial charge is 0.130 e. The number of fused-ring (bicyclic) bond motifs is 3. The zero-order chi connectivity index (χ0) is 18.4. The Hall–Kier alpha value is -1.61. The molecule has 1 aromatic heterocycles. The first kappa shape index (κ1) is 17.5. The van der Waals surface area contributed by atoms with Crippen LogP contribution >= 0.6 is 0 Å². The largest absolute Gasteiger partial charge is 0.367 e. The number of rotatable bonds is 6. The lowest BCUT2D eigenvalue weighted by atomic mass is 9.97. The number of aryl methyl sites for hydroxylation is 2. The van der Waals surface area contributed by atoms with Crippen LogP contribution in [0.1, 0.15) is 68.2 Å². The summed E-state index contributed by atoms with van der Waals surface area (Å²) in [5, 5.41) is 5.22. The van der Waals surface area contributed by atoms with Crippen LogP contribution in [0.25, 0.3) is 10.9 Å². The van der Waals surface area contributed by atoms with E-state index in [0.717, 1.165) is 18.9 Å². The van der Waals surface area contributed by atoms with E-state index in [1.807, 2.05) is 0 Å². The average molecular weight is 364 g/mol. The first-order valence-electron chi connectivity index (χ1n) is 11.2. The van der Waals surface area contributed by atoms with Crippen LogP contribution in [0.15, 0.2) is 12.1 Å². The third-order valence-corrected chi connectivity index (χ3v) is 7.05. The van der Waals surface area contributed by atoms with Crippen molar-refractivity contribution in [1.29, 1.82) is 0 Å². The van der Waals surface area contributed by atoms with Crippen molar-refractivity contribution in [2.24, 2.45) is 5.92 Å². The summed E-state index contributed by atoms with van der Waals surface area (Å²) in [6.45, 7) is 8.24.